The number of amides is 2. The molecular weight excluding hydrogens is 202 g/mol. The first kappa shape index (κ1) is 11.7. The number of rotatable bonds is 2. The molecule has 0 aliphatic carbocycles. The fraction of sp³-hybridized carbons (Fsp3) is 0.917. The molecule has 0 saturated carbocycles. The van der Waals surface area contributed by atoms with Crippen molar-refractivity contribution in [1.82, 2.24) is 14.7 Å². The van der Waals surface area contributed by atoms with Gasteiger partial charge in [-0.05, 0) is 19.9 Å². The molecule has 0 bridgehead atoms. The molecular formula is C12H23N3O. The van der Waals surface area contributed by atoms with Crippen molar-refractivity contribution >= 4 is 6.03 Å². The van der Waals surface area contributed by atoms with Gasteiger partial charge in [-0.2, -0.15) is 0 Å². The average Bonchev–Trinajstić information content (AvgIpc) is 2.29. The van der Waals surface area contributed by atoms with Gasteiger partial charge in [-0.15, -0.1) is 0 Å². The van der Waals surface area contributed by atoms with Gasteiger partial charge in [0.2, 0.25) is 0 Å². The summed E-state index contributed by atoms with van der Waals surface area (Å²) in [5, 5.41) is 0. The number of hydrogen-bond donors (Lipinski definition) is 0. The Bertz CT molecular complexity index is 269. The van der Waals surface area contributed by atoms with Crippen LogP contribution in [0.25, 0.3) is 0 Å². The van der Waals surface area contributed by atoms with Gasteiger partial charge in [0.15, 0.2) is 0 Å². The van der Waals surface area contributed by atoms with E-state index in [1.165, 1.54) is 6.54 Å². The van der Waals surface area contributed by atoms with E-state index in [2.05, 4.69) is 16.7 Å². The highest BCUT2D eigenvalue weighted by molar-refractivity contribution is 5.75. The van der Waals surface area contributed by atoms with Crippen molar-refractivity contribution in [3.05, 3.63) is 0 Å². The number of carbonyl (C=O) groups is 1. The van der Waals surface area contributed by atoms with Crippen LogP contribution in [0.3, 0.4) is 0 Å². The molecule has 0 N–H and O–H groups in total. The molecule has 2 rings (SSSR count). The van der Waals surface area contributed by atoms with Gasteiger partial charge >= 0.3 is 6.03 Å². The molecule has 0 aromatic rings. The van der Waals surface area contributed by atoms with Crippen molar-refractivity contribution in [2.45, 2.75) is 26.3 Å². The number of carbonyl (C=O) groups excluding carboxylic acids is 1. The molecule has 2 unspecified atom stereocenters. The molecule has 0 aromatic heterocycles. The van der Waals surface area contributed by atoms with E-state index < -0.39 is 0 Å². The van der Waals surface area contributed by atoms with Gasteiger partial charge in [0, 0.05) is 45.2 Å². The lowest BCUT2D eigenvalue weighted by Crippen LogP contribution is -2.66. The third kappa shape index (κ3) is 1.90. The number of likely N-dealkylation sites (tertiary alicyclic amines) is 2. The zero-order valence-corrected chi connectivity index (χ0v) is 10.6. The van der Waals surface area contributed by atoms with Crippen LogP contribution in [0.1, 0.15) is 20.3 Å². The molecule has 4 nitrogen and oxygen atoms in total. The number of hydrogen-bond acceptors (Lipinski definition) is 2. The second-order valence-corrected chi connectivity index (χ2v) is 4.96. The third-order valence-corrected chi connectivity index (χ3v) is 4.10. The highest BCUT2D eigenvalue weighted by Gasteiger charge is 2.45. The molecule has 0 spiro atoms. The molecule has 2 aliphatic rings. The highest BCUT2D eigenvalue weighted by atomic mass is 16.2. The first-order valence-corrected chi connectivity index (χ1v) is 6.41. The van der Waals surface area contributed by atoms with Crippen LogP contribution >= 0.6 is 0 Å². The molecule has 92 valence electrons. The van der Waals surface area contributed by atoms with Crippen LogP contribution in [-0.4, -0.2) is 66.5 Å². The predicted molar refractivity (Wildman–Crippen MR) is 64.4 cm³/mol. The number of nitrogens with zero attached hydrogens (tertiary/aromatic N) is 3. The Kier molecular flexibility index (Phi) is 3.38. The lowest BCUT2D eigenvalue weighted by molar-refractivity contribution is -0.0204. The fourth-order valence-electron chi connectivity index (χ4n) is 2.80. The standard InChI is InChI=1S/C12H23N3O/c1-4-13(3)12(16)15-9-10-8-14(5-2)7-6-11(10)15/h10-11H,4-9H2,1-3H3. The van der Waals surface area contributed by atoms with Crippen LogP contribution in [0.2, 0.25) is 0 Å². The Morgan fingerprint density at radius 3 is 2.69 bits per heavy atom. The minimum Gasteiger partial charge on any atom is -0.328 e. The summed E-state index contributed by atoms with van der Waals surface area (Å²) in [6, 6.07) is 0.734. The third-order valence-electron chi connectivity index (χ3n) is 4.10. The largest absolute Gasteiger partial charge is 0.328 e. The van der Waals surface area contributed by atoms with Gasteiger partial charge < -0.3 is 14.7 Å². The van der Waals surface area contributed by atoms with E-state index in [1.54, 1.807) is 0 Å². The molecule has 2 fully saturated rings. The summed E-state index contributed by atoms with van der Waals surface area (Å²) in [5.74, 6) is 0.725. The molecule has 2 saturated heterocycles. The predicted octanol–water partition coefficient (Wildman–Crippen LogP) is 1.08. The van der Waals surface area contributed by atoms with Crippen molar-refractivity contribution in [3.63, 3.8) is 0 Å². The van der Waals surface area contributed by atoms with Crippen molar-refractivity contribution in [2.75, 3.05) is 39.8 Å². The van der Waals surface area contributed by atoms with Crippen LogP contribution in [0.4, 0.5) is 4.79 Å². The summed E-state index contributed by atoms with van der Waals surface area (Å²) < 4.78 is 0. The van der Waals surface area contributed by atoms with Crippen molar-refractivity contribution in [1.29, 1.82) is 0 Å². The van der Waals surface area contributed by atoms with Crippen LogP contribution in [0, 0.1) is 5.92 Å². The Hall–Kier alpha value is -0.770. The van der Waals surface area contributed by atoms with Crippen LogP contribution in [0.5, 0.6) is 0 Å². The number of urea groups is 1. The summed E-state index contributed by atoms with van der Waals surface area (Å²) in [6.07, 6.45) is 1.15. The van der Waals surface area contributed by atoms with Crippen molar-refractivity contribution in [3.8, 4) is 0 Å². The smallest absolute Gasteiger partial charge is 0.320 e. The number of piperidine rings is 1. The second kappa shape index (κ2) is 4.62. The molecule has 2 atom stereocenters. The summed E-state index contributed by atoms with van der Waals surface area (Å²) >= 11 is 0. The van der Waals surface area contributed by atoms with Gasteiger partial charge in [0.1, 0.15) is 0 Å². The summed E-state index contributed by atoms with van der Waals surface area (Å²) in [5.41, 5.74) is 0. The van der Waals surface area contributed by atoms with Gasteiger partial charge in [-0.25, -0.2) is 4.79 Å². The average molecular weight is 225 g/mol. The number of fused-ring (bicyclic) bond motifs is 1. The SMILES string of the molecule is CCN1CCC2C(C1)CN2C(=O)N(C)CC. The Balaban J connectivity index is 1.88. The lowest BCUT2D eigenvalue weighted by atomic mass is 9.83. The maximum absolute atomic E-state index is 12.0. The monoisotopic (exact) mass is 225 g/mol. The summed E-state index contributed by atoms with van der Waals surface area (Å²) in [4.78, 5) is 18.4. The van der Waals surface area contributed by atoms with E-state index >= 15 is 0 Å². The first-order valence-electron chi connectivity index (χ1n) is 6.41. The fourth-order valence-corrected chi connectivity index (χ4v) is 2.80. The Morgan fingerprint density at radius 1 is 1.38 bits per heavy atom. The van der Waals surface area contributed by atoms with E-state index in [0.717, 1.165) is 38.5 Å². The maximum Gasteiger partial charge on any atom is 0.320 e. The Labute approximate surface area is 98.2 Å². The van der Waals surface area contributed by atoms with E-state index in [0.29, 0.717) is 6.04 Å². The van der Waals surface area contributed by atoms with Crippen LogP contribution < -0.4 is 0 Å². The first-order chi connectivity index (χ1) is 7.67. The quantitative estimate of drug-likeness (QED) is 0.703. The highest BCUT2D eigenvalue weighted by Crippen LogP contribution is 2.32. The molecule has 2 aliphatic heterocycles. The zero-order valence-electron chi connectivity index (χ0n) is 10.6. The van der Waals surface area contributed by atoms with E-state index in [9.17, 15) is 4.79 Å². The topological polar surface area (TPSA) is 26.8 Å². The minimum absolute atomic E-state index is 0.216. The van der Waals surface area contributed by atoms with E-state index in [4.69, 9.17) is 0 Å². The van der Waals surface area contributed by atoms with Crippen molar-refractivity contribution < 1.29 is 4.79 Å². The van der Waals surface area contributed by atoms with E-state index in [-0.39, 0.29) is 6.03 Å². The van der Waals surface area contributed by atoms with Crippen LogP contribution in [0.15, 0.2) is 0 Å². The normalized spacial score (nSPS) is 29.6. The van der Waals surface area contributed by atoms with Gasteiger partial charge in [-0.1, -0.05) is 6.92 Å². The van der Waals surface area contributed by atoms with Gasteiger partial charge in [-0.3, -0.25) is 0 Å². The van der Waals surface area contributed by atoms with Gasteiger partial charge in [0.05, 0.1) is 0 Å². The minimum atomic E-state index is 0.216. The maximum atomic E-state index is 12.0. The van der Waals surface area contributed by atoms with Gasteiger partial charge in [0.25, 0.3) is 0 Å². The second-order valence-electron chi connectivity index (χ2n) is 4.96. The molecule has 0 aromatic carbocycles. The van der Waals surface area contributed by atoms with Crippen LogP contribution in [-0.2, 0) is 0 Å². The van der Waals surface area contributed by atoms with E-state index in [1.807, 2.05) is 18.9 Å². The molecule has 4 heteroatoms. The zero-order chi connectivity index (χ0) is 11.7. The summed E-state index contributed by atoms with van der Waals surface area (Å²) in [6.45, 7) is 9.48. The van der Waals surface area contributed by atoms with Crippen molar-refractivity contribution in [2.24, 2.45) is 5.92 Å². The molecule has 16 heavy (non-hydrogen) atoms. The summed E-state index contributed by atoms with van der Waals surface area (Å²) in [7, 11) is 1.89. The Morgan fingerprint density at radius 2 is 2.12 bits per heavy atom. The lowest BCUT2D eigenvalue weighted by Gasteiger charge is -2.53. The molecule has 2 amide bonds. The molecule has 0 radical (unpaired) electrons. The molecule has 2 heterocycles.